The van der Waals surface area contributed by atoms with E-state index in [4.69, 9.17) is 0 Å². The molecule has 0 amide bonds. The maximum atomic E-state index is 4.16. The Morgan fingerprint density at radius 2 is 1.24 bits per heavy atom. The second kappa shape index (κ2) is 9.55. The van der Waals surface area contributed by atoms with Crippen LogP contribution in [0.5, 0.6) is 0 Å². The molecule has 1 aromatic heterocycles. The first-order valence-corrected chi connectivity index (χ1v) is 12.8. The lowest BCUT2D eigenvalue weighted by molar-refractivity contribution is 0.959. The van der Waals surface area contributed by atoms with Gasteiger partial charge in [-0.05, 0) is 41.2 Å². The van der Waals surface area contributed by atoms with Crippen LogP contribution in [0.2, 0.25) is 0 Å². The third-order valence-electron chi connectivity index (χ3n) is 1.06. The van der Waals surface area contributed by atoms with Gasteiger partial charge in [0.2, 0.25) is 0 Å². The van der Waals surface area contributed by atoms with Crippen molar-refractivity contribution < 1.29 is 0 Å². The van der Waals surface area contributed by atoms with E-state index in [1.807, 2.05) is 21.6 Å². The molecule has 0 unspecified atom stereocenters. The Morgan fingerprint density at radius 3 is 1.59 bits per heavy atom. The van der Waals surface area contributed by atoms with Crippen molar-refractivity contribution in [1.82, 2.24) is 10.2 Å². The SMILES string of the molecule is CC(C)SSSc1nnc(SSSC(C)C)s1. The quantitative estimate of drug-likeness (QED) is 0.509. The lowest BCUT2D eigenvalue weighted by Gasteiger charge is -1.99. The van der Waals surface area contributed by atoms with Crippen LogP contribution in [0.15, 0.2) is 8.68 Å². The van der Waals surface area contributed by atoms with Gasteiger partial charge < -0.3 is 0 Å². The largest absolute Gasteiger partial charge is 0.186 e. The number of aromatic nitrogens is 2. The van der Waals surface area contributed by atoms with E-state index in [9.17, 15) is 0 Å². The fraction of sp³-hybridized carbons (Fsp3) is 0.750. The first kappa shape index (κ1) is 16.7. The molecule has 1 rings (SSSR count). The van der Waals surface area contributed by atoms with Gasteiger partial charge in [0.25, 0.3) is 0 Å². The molecular formula is C8H14N2S7. The van der Waals surface area contributed by atoms with Crippen molar-refractivity contribution >= 4 is 74.2 Å². The number of hydrogen-bond acceptors (Lipinski definition) is 9. The maximum Gasteiger partial charge on any atom is 0.186 e. The Kier molecular flexibility index (Phi) is 9.39. The molecular weight excluding hydrogens is 349 g/mol. The molecule has 0 aromatic carbocycles. The van der Waals surface area contributed by atoms with Crippen LogP contribution in [-0.4, -0.2) is 20.7 Å². The molecule has 0 saturated carbocycles. The van der Waals surface area contributed by atoms with Crippen LogP contribution in [0, 0.1) is 0 Å². The topological polar surface area (TPSA) is 25.8 Å². The van der Waals surface area contributed by atoms with Gasteiger partial charge in [-0.25, -0.2) is 0 Å². The van der Waals surface area contributed by atoms with Gasteiger partial charge in [-0.3, -0.25) is 0 Å². The molecule has 0 saturated heterocycles. The van der Waals surface area contributed by atoms with Gasteiger partial charge in [-0.15, -0.1) is 10.2 Å². The minimum Gasteiger partial charge on any atom is -0.130 e. The summed E-state index contributed by atoms with van der Waals surface area (Å²) in [7, 11) is 10.7. The molecule has 0 aliphatic carbocycles. The summed E-state index contributed by atoms with van der Waals surface area (Å²) in [5.41, 5.74) is 0. The van der Waals surface area contributed by atoms with Crippen molar-refractivity contribution in [2.45, 2.75) is 46.9 Å². The summed E-state index contributed by atoms with van der Waals surface area (Å²) >= 11 is 1.67. The van der Waals surface area contributed by atoms with Crippen LogP contribution < -0.4 is 0 Å². The van der Waals surface area contributed by atoms with Crippen LogP contribution >= 0.6 is 74.2 Å². The molecule has 98 valence electrons. The Bertz CT molecular complexity index is 286. The highest BCUT2D eigenvalue weighted by Crippen LogP contribution is 2.47. The molecule has 2 nitrogen and oxygen atoms in total. The van der Waals surface area contributed by atoms with E-state index in [1.165, 1.54) is 0 Å². The van der Waals surface area contributed by atoms with E-state index >= 15 is 0 Å². The average molecular weight is 363 g/mol. The fourth-order valence-electron chi connectivity index (χ4n) is 0.519. The van der Waals surface area contributed by atoms with E-state index < -0.39 is 0 Å². The minimum absolute atomic E-state index is 0.646. The summed E-state index contributed by atoms with van der Waals surface area (Å²) in [6.45, 7) is 8.78. The first-order valence-electron chi connectivity index (χ1n) is 4.91. The molecule has 0 radical (unpaired) electrons. The normalized spacial score (nSPS) is 11.6. The van der Waals surface area contributed by atoms with E-state index in [0.29, 0.717) is 10.5 Å². The number of hydrogen-bond donors (Lipinski definition) is 0. The highest BCUT2D eigenvalue weighted by molar-refractivity contribution is 9.10. The average Bonchev–Trinajstić information content (AvgIpc) is 2.65. The van der Waals surface area contributed by atoms with E-state index in [2.05, 4.69) is 37.9 Å². The number of nitrogens with zero attached hydrogens (tertiary/aromatic N) is 2. The lowest BCUT2D eigenvalue weighted by Crippen LogP contribution is -1.78. The zero-order valence-electron chi connectivity index (χ0n) is 9.91. The van der Waals surface area contributed by atoms with Crippen LogP contribution in [-0.2, 0) is 0 Å². The molecule has 0 N–H and O–H groups in total. The summed E-state index contributed by atoms with van der Waals surface area (Å²) in [6.07, 6.45) is 0. The highest BCUT2D eigenvalue weighted by Gasteiger charge is 2.08. The Hall–Kier alpha value is 1.66. The van der Waals surface area contributed by atoms with Crippen LogP contribution in [0.25, 0.3) is 0 Å². The van der Waals surface area contributed by atoms with Gasteiger partial charge in [0.15, 0.2) is 8.68 Å². The van der Waals surface area contributed by atoms with Crippen molar-refractivity contribution in [3.8, 4) is 0 Å². The fourth-order valence-corrected chi connectivity index (χ4v) is 10.8. The maximum absolute atomic E-state index is 4.16. The molecule has 0 fully saturated rings. The molecule has 9 heteroatoms. The molecule has 1 heterocycles. The molecule has 0 bridgehead atoms. The van der Waals surface area contributed by atoms with Gasteiger partial charge in [-0.1, -0.05) is 60.6 Å². The predicted molar refractivity (Wildman–Crippen MR) is 92.3 cm³/mol. The van der Waals surface area contributed by atoms with Gasteiger partial charge in [0.1, 0.15) is 0 Å². The van der Waals surface area contributed by atoms with Crippen molar-refractivity contribution in [2.75, 3.05) is 0 Å². The van der Waals surface area contributed by atoms with Crippen LogP contribution in [0.3, 0.4) is 0 Å². The zero-order chi connectivity index (χ0) is 12.7. The van der Waals surface area contributed by atoms with E-state index in [1.54, 1.807) is 52.6 Å². The monoisotopic (exact) mass is 362 g/mol. The Balaban J connectivity index is 2.23. The van der Waals surface area contributed by atoms with Gasteiger partial charge in [-0.2, -0.15) is 0 Å². The number of rotatable bonds is 8. The molecule has 0 spiro atoms. The lowest BCUT2D eigenvalue weighted by atomic mass is 10.6. The highest BCUT2D eigenvalue weighted by atomic mass is 33.5. The third kappa shape index (κ3) is 8.43. The van der Waals surface area contributed by atoms with Crippen molar-refractivity contribution in [2.24, 2.45) is 0 Å². The molecule has 17 heavy (non-hydrogen) atoms. The van der Waals surface area contributed by atoms with Crippen molar-refractivity contribution in [3.63, 3.8) is 0 Å². The van der Waals surface area contributed by atoms with Crippen molar-refractivity contribution in [1.29, 1.82) is 0 Å². The van der Waals surface area contributed by atoms with E-state index in [-0.39, 0.29) is 0 Å². The zero-order valence-corrected chi connectivity index (χ0v) is 15.6. The third-order valence-corrected chi connectivity index (χ3v) is 11.5. The summed E-state index contributed by atoms with van der Waals surface area (Å²) < 4.78 is 2.08. The van der Waals surface area contributed by atoms with Gasteiger partial charge in [0, 0.05) is 10.5 Å². The Labute approximate surface area is 130 Å². The van der Waals surface area contributed by atoms with E-state index in [0.717, 1.165) is 8.68 Å². The smallest absolute Gasteiger partial charge is 0.130 e. The summed E-state index contributed by atoms with van der Waals surface area (Å²) in [6, 6.07) is 0. The van der Waals surface area contributed by atoms with Crippen molar-refractivity contribution in [3.05, 3.63) is 0 Å². The summed E-state index contributed by atoms with van der Waals surface area (Å²) in [4.78, 5) is 0. The van der Waals surface area contributed by atoms with Crippen LogP contribution in [0.1, 0.15) is 27.7 Å². The second-order valence-electron chi connectivity index (χ2n) is 3.43. The minimum atomic E-state index is 0.646. The predicted octanol–water partition coefficient (Wildman–Crippen LogP) is 6.13. The molecule has 0 aliphatic rings. The summed E-state index contributed by atoms with van der Waals surface area (Å²) in [5, 5.41) is 9.62. The first-order chi connectivity index (χ1) is 8.08. The van der Waals surface area contributed by atoms with Gasteiger partial charge >= 0.3 is 0 Å². The van der Waals surface area contributed by atoms with Gasteiger partial charge in [0.05, 0.1) is 0 Å². The molecule has 1 aromatic rings. The Morgan fingerprint density at radius 1 is 0.824 bits per heavy atom. The second-order valence-corrected chi connectivity index (χ2v) is 14.0. The summed E-state index contributed by atoms with van der Waals surface area (Å²) in [5.74, 6) is 0. The van der Waals surface area contributed by atoms with Crippen LogP contribution in [0.4, 0.5) is 0 Å². The molecule has 0 aliphatic heterocycles. The standard InChI is InChI=1S/C8H14N2S7/c1-5(2)12-16-14-7-9-10-8(11-7)15-17-13-6(3)4/h5-6H,1-4H3. The molecule has 0 atom stereocenters.